The van der Waals surface area contributed by atoms with Crippen LogP contribution in [0.1, 0.15) is 65.7 Å². The Kier molecular flexibility index (Phi) is 9.91. The second-order valence-electron chi connectivity index (χ2n) is 9.28. The van der Waals surface area contributed by atoms with Crippen molar-refractivity contribution in [3.63, 3.8) is 0 Å². The number of carbonyl (C=O) groups is 2. The molecule has 1 atom stereocenters. The highest BCUT2D eigenvalue weighted by Crippen LogP contribution is 2.25. The van der Waals surface area contributed by atoms with Crippen LogP contribution in [-0.2, 0) is 4.74 Å². The third-order valence-electron chi connectivity index (χ3n) is 6.50. The monoisotopic (exact) mass is 510 g/mol. The van der Waals surface area contributed by atoms with Gasteiger partial charge >= 0.3 is 11.9 Å². The van der Waals surface area contributed by atoms with E-state index in [9.17, 15) is 9.59 Å². The summed E-state index contributed by atoms with van der Waals surface area (Å²) in [6.07, 6.45) is 15.3. The van der Waals surface area contributed by atoms with Crippen molar-refractivity contribution in [2.75, 3.05) is 7.11 Å². The molecule has 0 spiro atoms. The van der Waals surface area contributed by atoms with Crippen LogP contribution in [0.2, 0.25) is 0 Å². The summed E-state index contributed by atoms with van der Waals surface area (Å²) in [5.74, 6) is 0.393. The fraction of sp³-hybridized carbons (Fsp3) is 0.273. The minimum Gasteiger partial charge on any atom is -0.497 e. The van der Waals surface area contributed by atoms with Gasteiger partial charge in [0.25, 0.3) is 0 Å². The molecule has 1 aliphatic rings. The molecule has 0 N–H and O–H groups in total. The standard InChI is InChI=1S/C33H34O5/c1-36-29-21-17-25(18-22-29)26-19-23-31(24-20-26)38-33(35)28-15-13-27(14-16-28)32(34)37-30-11-9-7-5-3-2-4-6-8-10-12-30/h3,5-6,8,13-24,30H,2,4,7,9-12H2,1H3/b5-3+,8-6+. The summed E-state index contributed by atoms with van der Waals surface area (Å²) in [6.45, 7) is 0. The van der Waals surface area contributed by atoms with Gasteiger partial charge in [0.1, 0.15) is 17.6 Å². The number of ether oxygens (including phenoxy) is 3. The van der Waals surface area contributed by atoms with E-state index in [1.165, 1.54) is 0 Å². The lowest BCUT2D eigenvalue weighted by molar-refractivity contribution is 0.0259. The second-order valence-corrected chi connectivity index (χ2v) is 9.28. The number of allylic oxidation sites excluding steroid dienone is 4. The van der Waals surface area contributed by atoms with Crippen molar-refractivity contribution in [2.24, 2.45) is 0 Å². The first-order valence-corrected chi connectivity index (χ1v) is 13.2. The molecule has 0 fully saturated rings. The number of rotatable bonds is 6. The van der Waals surface area contributed by atoms with E-state index in [0.29, 0.717) is 16.9 Å². The SMILES string of the molecule is COc1ccc(-c2ccc(OC(=O)c3ccc(C(=O)OC4CC/C=C/CC/C=C/CCC4)cc3)cc2)cc1. The fourth-order valence-electron chi connectivity index (χ4n) is 4.30. The maximum atomic E-state index is 12.8. The number of hydrogen-bond donors (Lipinski definition) is 0. The van der Waals surface area contributed by atoms with Crippen LogP contribution < -0.4 is 9.47 Å². The van der Waals surface area contributed by atoms with Gasteiger partial charge in [-0.2, -0.15) is 0 Å². The lowest BCUT2D eigenvalue weighted by atomic mass is 10.0. The highest BCUT2D eigenvalue weighted by atomic mass is 16.5. The van der Waals surface area contributed by atoms with E-state index < -0.39 is 5.97 Å². The molecule has 0 saturated carbocycles. The van der Waals surface area contributed by atoms with E-state index >= 15 is 0 Å². The highest BCUT2D eigenvalue weighted by Gasteiger charge is 2.17. The topological polar surface area (TPSA) is 61.8 Å². The molecule has 0 amide bonds. The first-order valence-electron chi connectivity index (χ1n) is 13.2. The average molecular weight is 511 g/mol. The molecule has 1 unspecified atom stereocenters. The molecule has 3 aromatic rings. The van der Waals surface area contributed by atoms with E-state index in [0.717, 1.165) is 61.8 Å². The van der Waals surface area contributed by atoms with Gasteiger partial charge in [0.15, 0.2) is 0 Å². The first-order chi connectivity index (χ1) is 18.6. The van der Waals surface area contributed by atoms with E-state index in [4.69, 9.17) is 14.2 Å². The van der Waals surface area contributed by atoms with Gasteiger partial charge in [0, 0.05) is 0 Å². The average Bonchev–Trinajstić information content (AvgIpc) is 2.95. The number of methoxy groups -OCH3 is 1. The van der Waals surface area contributed by atoms with Crippen LogP contribution in [0.4, 0.5) is 0 Å². The summed E-state index contributed by atoms with van der Waals surface area (Å²) >= 11 is 0. The number of hydrogen-bond acceptors (Lipinski definition) is 5. The summed E-state index contributed by atoms with van der Waals surface area (Å²) in [5, 5.41) is 0. The summed E-state index contributed by atoms with van der Waals surface area (Å²) in [4.78, 5) is 25.4. The van der Waals surface area contributed by atoms with Gasteiger partial charge in [0.05, 0.1) is 18.2 Å². The molecule has 3 aromatic carbocycles. The lowest BCUT2D eigenvalue weighted by Crippen LogP contribution is -2.18. The fourth-order valence-corrected chi connectivity index (χ4v) is 4.30. The maximum absolute atomic E-state index is 12.8. The summed E-state index contributed by atoms with van der Waals surface area (Å²) < 4.78 is 16.5. The quantitative estimate of drug-likeness (QED) is 0.191. The third kappa shape index (κ3) is 7.94. The van der Waals surface area contributed by atoms with Crippen LogP contribution >= 0.6 is 0 Å². The largest absolute Gasteiger partial charge is 0.497 e. The highest BCUT2D eigenvalue weighted by molar-refractivity contribution is 5.94. The van der Waals surface area contributed by atoms with Gasteiger partial charge in [-0.25, -0.2) is 9.59 Å². The van der Waals surface area contributed by atoms with Crippen molar-refractivity contribution < 1.29 is 23.8 Å². The Morgan fingerprint density at radius 3 is 1.74 bits per heavy atom. The molecule has 38 heavy (non-hydrogen) atoms. The van der Waals surface area contributed by atoms with E-state index in [1.54, 1.807) is 43.5 Å². The number of carbonyl (C=O) groups excluding carboxylic acids is 2. The van der Waals surface area contributed by atoms with E-state index in [1.807, 2.05) is 36.4 Å². The minimum absolute atomic E-state index is 0.120. The van der Waals surface area contributed by atoms with Crippen LogP contribution in [-0.4, -0.2) is 25.2 Å². The Morgan fingerprint density at radius 1 is 0.605 bits per heavy atom. The molecule has 0 radical (unpaired) electrons. The molecule has 196 valence electrons. The molecule has 0 bridgehead atoms. The van der Waals surface area contributed by atoms with Crippen molar-refractivity contribution in [1.29, 1.82) is 0 Å². The molecule has 0 aliphatic heterocycles. The maximum Gasteiger partial charge on any atom is 0.343 e. The minimum atomic E-state index is -0.485. The zero-order valence-corrected chi connectivity index (χ0v) is 21.8. The van der Waals surface area contributed by atoms with Crippen molar-refractivity contribution in [1.82, 2.24) is 0 Å². The summed E-state index contributed by atoms with van der Waals surface area (Å²) in [7, 11) is 1.64. The van der Waals surface area contributed by atoms with Crippen molar-refractivity contribution >= 4 is 11.9 Å². The molecule has 5 heteroatoms. The van der Waals surface area contributed by atoms with Crippen molar-refractivity contribution in [3.8, 4) is 22.6 Å². The second kappa shape index (κ2) is 14.0. The zero-order chi connectivity index (χ0) is 26.6. The van der Waals surface area contributed by atoms with Gasteiger partial charge < -0.3 is 14.2 Å². The normalized spacial score (nSPS) is 17.8. The Morgan fingerprint density at radius 2 is 1.13 bits per heavy atom. The van der Waals surface area contributed by atoms with Gasteiger partial charge in [-0.15, -0.1) is 0 Å². The Bertz CT molecular complexity index is 1240. The molecule has 5 nitrogen and oxygen atoms in total. The van der Waals surface area contributed by atoms with Crippen LogP contribution in [0.15, 0.2) is 97.1 Å². The summed E-state index contributed by atoms with van der Waals surface area (Å²) in [5.41, 5.74) is 2.83. The third-order valence-corrected chi connectivity index (χ3v) is 6.50. The Balaban J connectivity index is 1.32. The van der Waals surface area contributed by atoms with Crippen molar-refractivity contribution in [3.05, 3.63) is 108 Å². The Hall–Kier alpha value is -4.12. The zero-order valence-electron chi connectivity index (χ0n) is 21.8. The predicted octanol–water partition coefficient (Wildman–Crippen LogP) is 7.96. The van der Waals surface area contributed by atoms with Crippen LogP contribution in [0, 0.1) is 0 Å². The van der Waals surface area contributed by atoms with Crippen LogP contribution in [0.25, 0.3) is 11.1 Å². The molecule has 4 rings (SSSR count). The predicted molar refractivity (Wildman–Crippen MR) is 150 cm³/mol. The molecule has 0 aromatic heterocycles. The van der Waals surface area contributed by atoms with E-state index in [2.05, 4.69) is 24.3 Å². The van der Waals surface area contributed by atoms with Crippen LogP contribution in [0.3, 0.4) is 0 Å². The molecule has 0 saturated heterocycles. The Labute approximate surface area is 224 Å². The molecular weight excluding hydrogens is 476 g/mol. The van der Waals surface area contributed by atoms with Gasteiger partial charge in [0.2, 0.25) is 0 Å². The van der Waals surface area contributed by atoms with Crippen molar-refractivity contribution in [2.45, 2.75) is 51.0 Å². The van der Waals surface area contributed by atoms with E-state index in [-0.39, 0.29) is 12.1 Å². The number of esters is 2. The molecule has 0 heterocycles. The van der Waals surface area contributed by atoms with Gasteiger partial charge in [-0.05, 0) is 105 Å². The van der Waals surface area contributed by atoms with Crippen LogP contribution in [0.5, 0.6) is 11.5 Å². The van der Waals surface area contributed by atoms with Gasteiger partial charge in [-0.3, -0.25) is 0 Å². The summed E-state index contributed by atoms with van der Waals surface area (Å²) in [6, 6.07) is 21.5. The lowest BCUT2D eigenvalue weighted by Gasteiger charge is -2.17. The number of benzene rings is 3. The first kappa shape index (κ1) is 26.9. The van der Waals surface area contributed by atoms with Gasteiger partial charge in [-0.1, -0.05) is 48.6 Å². The molecular formula is C33H34O5. The smallest absolute Gasteiger partial charge is 0.343 e. The molecule has 1 aliphatic carbocycles.